The van der Waals surface area contributed by atoms with E-state index in [2.05, 4.69) is 13.0 Å². The molecule has 0 fully saturated rings. The lowest BCUT2D eigenvalue weighted by Crippen LogP contribution is -2.07. The Kier molecular flexibility index (Phi) is 2.76. The van der Waals surface area contributed by atoms with Crippen molar-refractivity contribution in [2.24, 2.45) is 5.73 Å². The molecule has 0 aliphatic heterocycles. The van der Waals surface area contributed by atoms with Gasteiger partial charge in [0.05, 0.1) is 0 Å². The fourth-order valence-electron chi connectivity index (χ4n) is 1.33. The molecule has 0 aliphatic carbocycles. The fourth-order valence-corrected chi connectivity index (χ4v) is 1.50. The van der Waals surface area contributed by atoms with Crippen LogP contribution in [0.5, 0.6) is 0 Å². The molecular formula is C10H14ClN. The van der Waals surface area contributed by atoms with E-state index in [9.17, 15) is 0 Å². The molecule has 1 atom stereocenters. The SMILES string of the molecule is Cc1cc(C)c(C(C)N)cc1Cl. The zero-order valence-corrected chi connectivity index (χ0v) is 8.44. The number of aryl methyl sites for hydroxylation is 2. The second-order valence-corrected chi connectivity index (χ2v) is 3.65. The van der Waals surface area contributed by atoms with Crippen LogP contribution < -0.4 is 5.73 Å². The van der Waals surface area contributed by atoms with Gasteiger partial charge in [0, 0.05) is 11.1 Å². The summed E-state index contributed by atoms with van der Waals surface area (Å²) in [7, 11) is 0. The van der Waals surface area contributed by atoms with E-state index < -0.39 is 0 Å². The van der Waals surface area contributed by atoms with Crippen LogP contribution in [-0.2, 0) is 0 Å². The first-order valence-electron chi connectivity index (χ1n) is 4.04. The van der Waals surface area contributed by atoms with E-state index in [1.165, 1.54) is 5.56 Å². The minimum Gasteiger partial charge on any atom is -0.324 e. The third kappa shape index (κ3) is 1.79. The van der Waals surface area contributed by atoms with E-state index in [1.807, 2.05) is 19.9 Å². The maximum Gasteiger partial charge on any atom is 0.0438 e. The Morgan fingerprint density at radius 2 is 1.83 bits per heavy atom. The van der Waals surface area contributed by atoms with Gasteiger partial charge in [0.25, 0.3) is 0 Å². The van der Waals surface area contributed by atoms with Crippen LogP contribution in [0.1, 0.15) is 29.7 Å². The van der Waals surface area contributed by atoms with E-state index in [0.29, 0.717) is 0 Å². The fraction of sp³-hybridized carbons (Fsp3) is 0.400. The summed E-state index contributed by atoms with van der Waals surface area (Å²) in [5, 5.41) is 0.799. The summed E-state index contributed by atoms with van der Waals surface area (Å²) in [5.41, 5.74) is 9.23. The van der Waals surface area contributed by atoms with Crippen molar-refractivity contribution in [1.82, 2.24) is 0 Å². The summed E-state index contributed by atoms with van der Waals surface area (Å²) in [6, 6.07) is 4.08. The van der Waals surface area contributed by atoms with Gasteiger partial charge in [-0.1, -0.05) is 17.7 Å². The number of hydrogen-bond donors (Lipinski definition) is 1. The van der Waals surface area contributed by atoms with Gasteiger partial charge in [-0.2, -0.15) is 0 Å². The molecule has 1 rings (SSSR count). The van der Waals surface area contributed by atoms with Crippen molar-refractivity contribution in [3.8, 4) is 0 Å². The van der Waals surface area contributed by atoms with Gasteiger partial charge in [0.1, 0.15) is 0 Å². The van der Waals surface area contributed by atoms with E-state index in [-0.39, 0.29) is 6.04 Å². The maximum atomic E-state index is 5.97. The summed E-state index contributed by atoms with van der Waals surface area (Å²) in [4.78, 5) is 0. The van der Waals surface area contributed by atoms with Crippen molar-refractivity contribution in [3.63, 3.8) is 0 Å². The molecule has 0 saturated heterocycles. The Morgan fingerprint density at radius 3 is 2.33 bits per heavy atom. The topological polar surface area (TPSA) is 26.0 Å². The lowest BCUT2D eigenvalue weighted by molar-refractivity contribution is 0.809. The number of rotatable bonds is 1. The first kappa shape index (κ1) is 9.56. The van der Waals surface area contributed by atoms with E-state index in [0.717, 1.165) is 16.1 Å². The molecule has 66 valence electrons. The van der Waals surface area contributed by atoms with Gasteiger partial charge in [0.15, 0.2) is 0 Å². The second kappa shape index (κ2) is 3.46. The van der Waals surface area contributed by atoms with Gasteiger partial charge in [-0.25, -0.2) is 0 Å². The van der Waals surface area contributed by atoms with Gasteiger partial charge in [0.2, 0.25) is 0 Å². The molecule has 0 amide bonds. The molecule has 1 nitrogen and oxygen atoms in total. The summed E-state index contributed by atoms with van der Waals surface area (Å²) in [6.45, 7) is 6.02. The van der Waals surface area contributed by atoms with Crippen molar-refractivity contribution >= 4 is 11.6 Å². The van der Waals surface area contributed by atoms with Crippen LogP contribution in [0.4, 0.5) is 0 Å². The molecular weight excluding hydrogens is 170 g/mol. The smallest absolute Gasteiger partial charge is 0.0438 e. The normalized spacial score (nSPS) is 13.1. The van der Waals surface area contributed by atoms with Crippen LogP contribution in [0.3, 0.4) is 0 Å². The number of benzene rings is 1. The molecule has 0 spiro atoms. The molecule has 0 heterocycles. The highest BCUT2D eigenvalue weighted by Gasteiger charge is 2.05. The van der Waals surface area contributed by atoms with Crippen molar-refractivity contribution in [2.75, 3.05) is 0 Å². The van der Waals surface area contributed by atoms with Gasteiger partial charge in [-0.3, -0.25) is 0 Å². The molecule has 2 heteroatoms. The van der Waals surface area contributed by atoms with Crippen LogP contribution in [-0.4, -0.2) is 0 Å². The van der Waals surface area contributed by atoms with Gasteiger partial charge in [-0.15, -0.1) is 0 Å². The molecule has 0 aliphatic rings. The highest BCUT2D eigenvalue weighted by molar-refractivity contribution is 6.31. The number of nitrogens with two attached hydrogens (primary N) is 1. The maximum absolute atomic E-state index is 5.97. The van der Waals surface area contributed by atoms with Crippen molar-refractivity contribution in [2.45, 2.75) is 26.8 Å². The zero-order valence-electron chi connectivity index (χ0n) is 7.69. The molecule has 0 radical (unpaired) electrons. The third-order valence-corrected chi connectivity index (χ3v) is 2.45. The Labute approximate surface area is 78.5 Å². The van der Waals surface area contributed by atoms with Crippen molar-refractivity contribution in [1.29, 1.82) is 0 Å². The Morgan fingerprint density at radius 1 is 1.25 bits per heavy atom. The third-order valence-electron chi connectivity index (χ3n) is 2.04. The quantitative estimate of drug-likeness (QED) is 0.712. The van der Waals surface area contributed by atoms with E-state index in [4.69, 9.17) is 17.3 Å². The summed E-state index contributed by atoms with van der Waals surface area (Å²) < 4.78 is 0. The lowest BCUT2D eigenvalue weighted by Gasteiger charge is -2.11. The first-order chi connectivity index (χ1) is 5.52. The monoisotopic (exact) mass is 183 g/mol. The molecule has 1 unspecified atom stereocenters. The summed E-state index contributed by atoms with van der Waals surface area (Å²) in [6.07, 6.45) is 0. The molecule has 0 aromatic heterocycles. The Bertz CT molecular complexity index is 292. The number of hydrogen-bond acceptors (Lipinski definition) is 1. The van der Waals surface area contributed by atoms with Crippen LogP contribution in [0.15, 0.2) is 12.1 Å². The second-order valence-electron chi connectivity index (χ2n) is 3.25. The highest BCUT2D eigenvalue weighted by atomic mass is 35.5. The predicted molar refractivity (Wildman–Crippen MR) is 53.5 cm³/mol. The average molecular weight is 184 g/mol. The van der Waals surface area contributed by atoms with Crippen molar-refractivity contribution < 1.29 is 0 Å². The largest absolute Gasteiger partial charge is 0.324 e. The molecule has 0 saturated carbocycles. The molecule has 1 aromatic carbocycles. The minimum absolute atomic E-state index is 0.0584. The molecule has 0 bridgehead atoms. The molecule has 2 N–H and O–H groups in total. The predicted octanol–water partition coefficient (Wildman–Crippen LogP) is 2.98. The summed E-state index contributed by atoms with van der Waals surface area (Å²) >= 11 is 5.97. The van der Waals surface area contributed by atoms with E-state index in [1.54, 1.807) is 0 Å². The van der Waals surface area contributed by atoms with Gasteiger partial charge >= 0.3 is 0 Å². The van der Waals surface area contributed by atoms with Crippen LogP contribution in [0.2, 0.25) is 5.02 Å². The molecule has 1 aromatic rings. The Balaban J connectivity index is 3.23. The van der Waals surface area contributed by atoms with Crippen LogP contribution in [0.25, 0.3) is 0 Å². The van der Waals surface area contributed by atoms with Gasteiger partial charge < -0.3 is 5.73 Å². The molecule has 12 heavy (non-hydrogen) atoms. The van der Waals surface area contributed by atoms with E-state index >= 15 is 0 Å². The van der Waals surface area contributed by atoms with Crippen LogP contribution in [0, 0.1) is 13.8 Å². The van der Waals surface area contributed by atoms with Gasteiger partial charge in [-0.05, 0) is 43.5 Å². The minimum atomic E-state index is 0.0584. The zero-order chi connectivity index (χ0) is 9.30. The number of halogens is 1. The first-order valence-corrected chi connectivity index (χ1v) is 4.42. The van der Waals surface area contributed by atoms with Crippen LogP contribution >= 0.6 is 11.6 Å². The Hall–Kier alpha value is -0.530. The van der Waals surface area contributed by atoms with Crippen molar-refractivity contribution in [3.05, 3.63) is 33.8 Å². The average Bonchev–Trinajstić information content (AvgIpc) is 1.96. The summed E-state index contributed by atoms with van der Waals surface area (Å²) in [5.74, 6) is 0. The standard InChI is InChI=1S/C10H14ClN/c1-6-4-7(2)10(11)5-9(6)8(3)12/h4-5,8H,12H2,1-3H3. The highest BCUT2D eigenvalue weighted by Crippen LogP contribution is 2.23. The lowest BCUT2D eigenvalue weighted by atomic mass is 10.0.